The first-order chi connectivity index (χ1) is 16.2. The zero-order valence-corrected chi connectivity index (χ0v) is 18.9. The summed E-state index contributed by atoms with van der Waals surface area (Å²) in [6.07, 6.45) is 0.559. The minimum absolute atomic E-state index is 0.0985. The third-order valence-electron chi connectivity index (χ3n) is 5.82. The van der Waals surface area contributed by atoms with Crippen molar-refractivity contribution in [1.29, 1.82) is 0 Å². The van der Waals surface area contributed by atoms with E-state index >= 15 is 0 Å². The number of hydrogen-bond donors (Lipinski definition) is 1. The predicted molar refractivity (Wildman–Crippen MR) is 129 cm³/mol. The molecule has 5 rings (SSSR count). The third kappa shape index (κ3) is 4.78. The number of fused-ring (bicyclic) bond motifs is 1. The molecule has 1 aromatic heterocycles. The molecule has 1 amide bonds. The van der Waals surface area contributed by atoms with E-state index in [1.165, 1.54) is 0 Å². The lowest BCUT2D eigenvalue weighted by Gasteiger charge is -2.30. The third-order valence-corrected chi connectivity index (χ3v) is 6.06. The van der Waals surface area contributed by atoms with Crippen molar-refractivity contribution < 1.29 is 9.53 Å². The van der Waals surface area contributed by atoms with Crippen LogP contribution in [0.2, 0.25) is 5.02 Å². The normalized spacial score (nSPS) is 15.4. The standard InChI is InChI=1S/C26H25ClN4O2/c27-21-10-6-7-19(17-21)18-24-28-22-11-4-5-12-23(22)31(24)25(20-8-2-1-3-9-20)26(32)29-30-13-15-33-16-14-30/h1-12,17,25H,13-16,18H2,(H,29,32)/t25-/m0/s1. The number of imidazole rings is 1. The van der Waals surface area contributed by atoms with Crippen LogP contribution in [0.1, 0.15) is 23.0 Å². The molecule has 0 bridgehead atoms. The summed E-state index contributed by atoms with van der Waals surface area (Å²) >= 11 is 6.24. The molecule has 0 aliphatic carbocycles. The van der Waals surface area contributed by atoms with Crippen molar-refractivity contribution in [2.75, 3.05) is 26.3 Å². The number of hydrazine groups is 1. The maximum atomic E-state index is 13.7. The summed E-state index contributed by atoms with van der Waals surface area (Å²) < 4.78 is 7.49. The van der Waals surface area contributed by atoms with Crippen LogP contribution in [0.4, 0.5) is 0 Å². The predicted octanol–water partition coefficient (Wildman–Crippen LogP) is 4.23. The molecule has 3 aromatic carbocycles. The fraction of sp³-hybridized carbons (Fsp3) is 0.231. The molecule has 6 nitrogen and oxygen atoms in total. The van der Waals surface area contributed by atoms with Crippen molar-refractivity contribution in [1.82, 2.24) is 20.0 Å². The highest BCUT2D eigenvalue weighted by molar-refractivity contribution is 6.30. The number of aromatic nitrogens is 2. The van der Waals surface area contributed by atoms with Crippen LogP contribution in [0, 0.1) is 0 Å². The van der Waals surface area contributed by atoms with Crippen LogP contribution in [0.15, 0.2) is 78.9 Å². The fourth-order valence-electron chi connectivity index (χ4n) is 4.28. The molecule has 0 saturated carbocycles. The number of amides is 1. The molecule has 4 aromatic rings. The summed E-state index contributed by atoms with van der Waals surface area (Å²) in [6, 6.07) is 25.0. The molecule has 2 heterocycles. The summed E-state index contributed by atoms with van der Waals surface area (Å²) in [5, 5.41) is 2.61. The first kappa shape index (κ1) is 21.6. The lowest BCUT2D eigenvalue weighted by Crippen LogP contribution is -2.50. The van der Waals surface area contributed by atoms with Gasteiger partial charge in [-0.05, 0) is 35.4 Å². The van der Waals surface area contributed by atoms with Crippen molar-refractivity contribution >= 4 is 28.5 Å². The highest BCUT2D eigenvalue weighted by Crippen LogP contribution is 2.28. The number of hydrogen-bond acceptors (Lipinski definition) is 4. The molecule has 168 valence electrons. The Hall–Kier alpha value is -3.19. The van der Waals surface area contributed by atoms with Crippen LogP contribution >= 0.6 is 11.6 Å². The molecular formula is C26H25ClN4O2. The average molecular weight is 461 g/mol. The van der Waals surface area contributed by atoms with Crippen molar-refractivity contribution in [3.8, 4) is 0 Å². The fourth-order valence-corrected chi connectivity index (χ4v) is 4.49. The minimum atomic E-state index is -0.573. The van der Waals surface area contributed by atoms with E-state index in [1.54, 1.807) is 0 Å². The lowest BCUT2D eigenvalue weighted by molar-refractivity contribution is -0.130. The number of morpholine rings is 1. The Bertz CT molecular complexity index is 1250. The number of carbonyl (C=O) groups is 1. The van der Waals surface area contributed by atoms with Gasteiger partial charge in [0.25, 0.3) is 5.91 Å². The van der Waals surface area contributed by atoms with Gasteiger partial charge in [0.1, 0.15) is 11.9 Å². The number of nitrogens with one attached hydrogen (secondary N) is 1. The van der Waals surface area contributed by atoms with E-state index < -0.39 is 6.04 Å². The molecule has 0 unspecified atom stereocenters. The Balaban J connectivity index is 1.61. The maximum Gasteiger partial charge on any atom is 0.262 e. The van der Waals surface area contributed by atoms with Gasteiger partial charge in [-0.2, -0.15) is 0 Å². The Morgan fingerprint density at radius 3 is 2.55 bits per heavy atom. The van der Waals surface area contributed by atoms with Crippen molar-refractivity contribution in [3.05, 3.63) is 101 Å². The molecule has 1 fully saturated rings. The van der Waals surface area contributed by atoms with Gasteiger partial charge in [0.05, 0.1) is 24.2 Å². The number of carbonyl (C=O) groups excluding carboxylic acids is 1. The Kier molecular flexibility index (Phi) is 6.39. The van der Waals surface area contributed by atoms with Crippen LogP contribution in [0.5, 0.6) is 0 Å². The van der Waals surface area contributed by atoms with E-state index in [-0.39, 0.29) is 5.91 Å². The summed E-state index contributed by atoms with van der Waals surface area (Å²) in [5.41, 5.74) is 6.83. The SMILES string of the molecule is O=C(NN1CCOCC1)[C@H](c1ccccc1)n1c(Cc2cccc(Cl)c2)nc2ccccc21. The van der Waals surface area contributed by atoms with Crippen molar-refractivity contribution in [2.24, 2.45) is 0 Å². The van der Waals surface area contributed by atoms with Crippen LogP contribution in [0.25, 0.3) is 11.0 Å². The lowest BCUT2D eigenvalue weighted by atomic mass is 10.0. The summed E-state index contributed by atoms with van der Waals surface area (Å²) in [5.74, 6) is 0.711. The van der Waals surface area contributed by atoms with Crippen LogP contribution in [-0.2, 0) is 16.0 Å². The number of halogens is 1. The summed E-state index contributed by atoms with van der Waals surface area (Å²) in [7, 11) is 0. The van der Waals surface area contributed by atoms with Gasteiger partial charge < -0.3 is 9.30 Å². The first-order valence-corrected chi connectivity index (χ1v) is 11.5. The van der Waals surface area contributed by atoms with Gasteiger partial charge in [0, 0.05) is 24.5 Å². The Morgan fingerprint density at radius 1 is 1.00 bits per heavy atom. The minimum Gasteiger partial charge on any atom is -0.379 e. The quantitative estimate of drug-likeness (QED) is 0.467. The molecule has 1 atom stereocenters. The molecule has 1 aliphatic rings. The van der Waals surface area contributed by atoms with E-state index in [2.05, 4.69) is 9.99 Å². The van der Waals surface area contributed by atoms with E-state index in [1.807, 2.05) is 83.9 Å². The van der Waals surface area contributed by atoms with E-state index in [4.69, 9.17) is 21.3 Å². The van der Waals surface area contributed by atoms with Crippen LogP contribution < -0.4 is 5.43 Å². The highest BCUT2D eigenvalue weighted by atomic mass is 35.5. The zero-order chi connectivity index (χ0) is 22.6. The summed E-state index contributed by atoms with van der Waals surface area (Å²) in [6.45, 7) is 2.52. The van der Waals surface area contributed by atoms with Crippen LogP contribution in [0.3, 0.4) is 0 Å². The van der Waals surface area contributed by atoms with Gasteiger partial charge in [0.2, 0.25) is 0 Å². The molecular weight excluding hydrogens is 436 g/mol. The van der Waals surface area contributed by atoms with Gasteiger partial charge in [-0.25, -0.2) is 9.99 Å². The summed E-state index contributed by atoms with van der Waals surface area (Å²) in [4.78, 5) is 18.7. The van der Waals surface area contributed by atoms with E-state index in [0.29, 0.717) is 37.7 Å². The second-order valence-electron chi connectivity index (χ2n) is 8.08. The van der Waals surface area contributed by atoms with Crippen molar-refractivity contribution in [3.63, 3.8) is 0 Å². The first-order valence-electron chi connectivity index (χ1n) is 11.1. The number of ether oxygens (including phenoxy) is 1. The molecule has 1 N–H and O–H groups in total. The monoisotopic (exact) mass is 460 g/mol. The zero-order valence-electron chi connectivity index (χ0n) is 18.2. The van der Waals surface area contributed by atoms with Crippen LogP contribution in [-0.4, -0.2) is 46.8 Å². The van der Waals surface area contributed by atoms with Gasteiger partial charge in [-0.15, -0.1) is 0 Å². The number of nitrogens with zero attached hydrogens (tertiary/aromatic N) is 3. The van der Waals surface area contributed by atoms with Gasteiger partial charge >= 0.3 is 0 Å². The van der Waals surface area contributed by atoms with E-state index in [9.17, 15) is 4.79 Å². The largest absolute Gasteiger partial charge is 0.379 e. The molecule has 0 radical (unpaired) electrons. The smallest absolute Gasteiger partial charge is 0.262 e. The average Bonchev–Trinajstić information content (AvgIpc) is 3.18. The molecule has 7 heteroatoms. The second-order valence-corrected chi connectivity index (χ2v) is 8.52. The second kappa shape index (κ2) is 9.75. The van der Waals surface area contributed by atoms with E-state index in [0.717, 1.165) is 28.0 Å². The topological polar surface area (TPSA) is 59.4 Å². The molecule has 1 aliphatic heterocycles. The van der Waals surface area contributed by atoms with Gasteiger partial charge in [0.15, 0.2) is 0 Å². The molecule has 1 saturated heterocycles. The Labute approximate surface area is 197 Å². The number of rotatable bonds is 6. The van der Waals surface area contributed by atoms with Gasteiger partial charge in [-0.3, -0.25) is 10.2 Å². The maximum absolute atomic E-state index is 13.7. The molecule has 0 spiro atoms. The van der Waals surface area contributed by atoms with Gasteiger partial charge in [-0.1, -0.05) is 66.2 Å². The molecule has 33 heavy (non-hydrogen) atoms. The number of benzene rings is 3. The number of para-hydroxylation sites is 2. The van der Waals surface area contributed by atoms with Crippen molar-refractivity contribution in [2.45, 2.75) is 12.5 Å². The highest BCUT2D eigenvalue weighted by Gasteiger charge is 2.29. The Morgan fingerprint density at radius 2 is 1.76 bits per heavy atom.